The average molecular weight is 757 g/mol. The second kappa shape index (κ2) is 14.3. The van der Waals surface area contributed by atoms with Crippen LogP contribution in [0.5, 0.6) is 5.75 Å². The number of anilines is 1. The van der Waals surface area contributed by atoms with Gasteiger partial charge in [-0.3, -0.25) is 24.1 Å². The summed E-state index contributed by atoms with van der Waals surface area (Å²) in [5.41, 5.74) is 6.44. The third kappa shape index (κ3) is 7.03. The Kier molecular flexibility index (Phi) is 9.97. The number of hydrogen-bond acceptors (Lipinski definition) is 13. The number of carboxylic acids is 3. The van der Waals surface area contributed by atoms with Gasteiger partial charge in [0.2, 0.25) is 11.5 Å². The van der Waals surface area contributed by atoms with Crippen molar-refractivity contribution in [3.8, 4) is 5.75 Å². The van der Waals surface area contributed by atoms with Crippen LogP contribution in [-0.2, 0) is 42.4 Å². The van der Waals surface area contributed by atoms with Crippen molar-refractivity contribution in [2.24, 2.45) is 12.2 Å². The number of thiazole rings is 1. The quantitative estimate of drug-likeness (QED) is 0.0600. The predicted molar refractivity (Wildman–Crippen MR) is 186 cm³/mol. The molecule has 18 nitrogen and oxygen atoms in total. The molecule has 2 aromatic heterocycles. The number of hydrogen-bond donors (Lipinski definition) is 6. The lowest BCUT2D eigenvalue weighted by molar-refractivity contribution is -0.925. The van der Waals surface area contributed by atoms with Crippen LogP contribution < -0.4 is 16.5 Å². The summed E-state index contributed by atoms with van der Waals surface area (Å²) in [5, 5.41) is 45.9. The molecule has 0 bridgehead atoms. The molecular weight excluding hydrogens is 723 g/mol. The monoisotopic (exact) mass is 756 g/mol. The minimum Gasteiger partial charge on any atom is -0.503 e. The lowest BCUT2D eigenvalue weighted by Crippen LogP contribution is -2.71. The van der Waals surface area contributed by atoms with Crippen molar-refractivity contribution in [1.82, 2.24) is 19.8 Å². The molecule has 6 rings (SSSR count). The van der Waals surface area contributed by atoms with Gasteiger partial charge in [-0.15, -0.1) is 23.1 Å². The van der Waals surface area contributed by atoms with Gasteiger partial charge in [0.25, 0.3) is 11.8 Å². The van der Waals surface area contributed by atoms with E-state index in [4.69, 9.17) is 15.7 Å². The molecule has 0 radical (unpaired) electrons. The smallest absolute Gasteiger partial charge is 0.352 e. The zero-order valence-electron chi connectivity index (χ0n) is 27.6. The number of aromatic nitrogens is 2. The maximum Gasteiger partial charge on any atom is 0.352 e. The average Bonchev–Trinajstić information content (AvgIpc) is 3.73. The number of aromatic hydroxyl groups is 1. The number of amides is 2. The molecule has 3 aliphatic heterocycles. The molecule has 0 spiro atoms. The Balaban J connectivity index is 1.23. The van der Waals surface area contributed by atoms with Gasteiger partial charge in [0.05, 0.1) is 36.6 Å². The van der Waals surface area contributed by atoms with Gasteiger partial charge >= 0.3 is 17.9 Å². The van der Waals surface area contributed by atoms with Crippen molar-refractivity contribution >= 4 is 74.6 Å². The number of carboxylic acid groups (broad SMARTS) is 3. The lowest BCUT2D eigenvalue weighted by Gasteiger charge is -2.50. The van der Waals surface area contributed by atoms with Crippen LogP contribution in [0, 0.1) is 0 Å². The van der Waals surface area contributed by atoms with Crippen LogP contribution in [0.4, 0.5) is 5.13 Å². The molecule has 5 heterocycles. The molecule has 2 fully saturated rings. The number of carbonyl (C=O) groups is 5. The molecule has 3 aromatic rings. The first-order valence-electron chi connectivity index (χ1n) is 15.9. The van der Waals surface area contributed by atoms with Crippen molar-refractivity contribution in [2.45, 2.75) is 43.3 Å². The van der Waals surface area contributed by atoms with Crippen LogP contribution >= 0.6 is 23.1 Å². The van der Waals surface area contributed by atoms with E-state index in [0.29, 0.717) is 34.0 Å². The molecule has 2 amide bonds. The van der Waals surface area contributed by atoms with Crippen LogP contribution in [0.25, 0.3) is 10.9 Å². The molecule has 52 heavy (non-hydrogen) atoms. The Morgan fingerprint density at radius 3 is 2.52 bits per heavy atom. The van der Waals surface area contributed by atoms with Crippen molar-refractivity contribution in [1.29, 1.82) is 0 Å². The number of benzene rings is 1. The van der Waals surface area contributed by atoms with E-state index in [1.807, 2.05) is 12.1 Å². The Morgan fingerprint density at radius 1 is 1.15 bits per heavy atom. The number of likely N-dealkylation sites (tertiary alicyclic amines) is 1. The standard InChI is InChI=1S/C32H33N7O11S2/c1-37-10-20(40)26(43)17-8-15(4-5-19(17)37)11-39(6-2-3-7-39)12-16-13-51-29-24(28(45)38(29)25(16)31(48)49)35-27(44)23(18-14-52-32(33)34-18)36-50-21(30(46)47)9-22(41)42/h4-5,8,10,14,21,24,29H,2-3,6-7,9,11-13H2,1H3,(H6-,33,34,35,40,41,42,44,46,47,48,49)/p+1/b36-23-/t21-,24+,29+/m0/s1. The molecule has 20 heteroatoms. The molecule has 7 N–H and O–H groups in total. The van der Waals surface area contributed by atoms with Crippen LogP contribution in [-0.4, -0.2) is 118 Å². The normalized spacial score (nSPS) is 20.3. The Bertz CT molecular complexity index is 2120. The fourth-order valence-corrected chi connectivity index (χ4v) is 8.73. The SMILES string of the molecule is Cn1cc(O)c(=O)c2cc(C[N+]3(CC4=C(C(=O)O)N5C(=O)[C@@H](NC(=O)/C(=N\O[C@@H](CC(=O)O)C(=O)O)c6csc(N)n6)[C@H]5SC4)CCCC3)ccc21. The molecule has 0 saturated carbocycles. The van der Waals surface area contributed by atoms with E-state index < -0.39 is 64.8 Å². The summed E-state index contributed by atoms with van der Waals surface area (Å²) in [6.45, 7) is 2.31. The largest absolute Gasteiger partial charge is 0.503 e. The van der Waals surface area contributed by atoms with Crippen LogP contribution in [0.15, 0.2) is 51.0 Å². The molecular formula is C32H34N7O11S2+. The van der Waals surface area contributed by atoms with Gasteiger partial charge in [0.1, 0.15) is 35.9 Å². The highest BCUT2D eigenvalue weighted by molar-refractivity contribution is 8.00. The Hall–Kier alpha value is -5.47. The summed E-state index contributed by atoms with van der Waals surface area (Å²) >= 11 is 2.21. The van der Waals surface area contributed by atoms with Crippen molar-refractivity contribution in [2.75, 3.05) is 31.1 Å². The highest BCUT2D eigenvalue weighted by Crippen LogP contribution is 2.42. The van der Waals surface area contributed by atoms with Crippen LogP contribution in [0.1, 0.15) is 30.5 Å². The number of nitrogens with zero attached hydrogens (tertiary/aromatic N) is 5. The maximum atomic E-state index is 13.5. The summed E-state index contributed by atoms with van der Waals surface area (Å²) in [6.07, 6.45) is 0.275. The number of oxime groups is 1. The minimum atomic E-state index is -1.93. The number of pyridine rings is 1. The molecule has 3 atom stereocenters. The van der Waals surface area contributed by atoms with E-state index in [1.54, 1.807) is 17.7 Å². The van der Waals surface area contributed by atoms with Gasteiger partial charge in [-0.05, 0) is 12.1 Å². The van der Waals surface area contributed by atoms with E-state index in [-0.39, 0.29) is 28.0 Å². The summed E-state index contributed by atoms with van der Waals surface area (Å²) in [4.78, 5) is 85.0. The molecule has 2 saturated heterocycles. The number of thioether (sulfide) groups is 1. The van der Waals surface area contributed by atoms with Crippen molar-refractivity contribution in [3.63, 3.8) is 0 Å². The molecule has 0 unspecified atom stereocenters. The highest BCUT2D eigenvalue weighted by atomic mass is 32.2. The third-order valence-corrected chi connectivity index (χ3v) is 11.2. The van der Waals surface area contributed by atoms with Gasteiger partial charge < -0.3 is 45.4 Å². The van der Waals surface area contributed by atoms with Gasteiger partial charge in [-0.2, -0.15) is 0 Å². The third-order valence-electron chi connectivity index (χ3n) is 9.22. The van der Waals surface area contributed by atoms with E-state index in [2.05, 4.69) is 15.5 Å². The van der Waals surface area contributed by atoms with E-state index in [0.717, 1.165) is 47.7 Å². The first kappa shape index (κ1) is 36.3. The predicted octanol–water partition coefficient (Wildman–Crippen LogP) is 0.481. The van der Waals surface area contributed by atoms with Crippen LogP contribution in [0.3, 0.4) is 0 Å². The summed E-state index contributed by atoms with van der Waals surface area (Å²) in [5.74, 6) is -6.23. The molecule has 274 valence electrons. The first-order chi connectivity index (χ1) is 24.7. The number of β-lactam (4-membered cyclic amide) rings is 1. The van der Waals surface area contributed by atoms with E-state index in [9.17, 15) is 44.1 Å². The number of nitrogen functional groups attached to an aromatic ring is 1. The number of carbonyl (C=O) groups excluding carboxylic acids is 2. The number of nitrogens with one attached hydrogen (secondary N) is 1. The first-order valence-corrected chi connectivity index (χ1v) is 17.9. The number of quaternary nitrogens is 1. The second-order valence-corrected chi connectivity index (χ2v) is 14.8. The number of nitrogens with two attached hydrogens (primary N) is 1. The topological polar surface area (TPSA) is 264 Å². The number of rotatable bonds is 13. The number of fused-ring (bicyclic) bond motifs is 2. The fourth-order valence-electron chi connectivity index (χ4n) is 6.85. The minimum absolute atomic E-state index is 0.0379. The molecule has 3 aliphatic rings. The number of aliphatic carboxylic acids is 3. The summed E-state index contributed by atoms with van der Waals surface area (Å²) in [7, 11) is 1.73. The molecule has 0 aliphatic carbocycles. The fraction of sp³-hybridized carbons (Fsp3) is 0.375. The van der Waals surface area contributed by atoms with E-state index in [1.165, 1.54) is 23.3 Å². The zero-order valence-corrected chi connectivity index (χ0v) is 29.2. The lowest BCUT2D eigenvalue weighted by atomic mass is 10.0. The maximum absolute atomic E-state index is 13.5. The van der Waals surface area contributed by atoms with Crippen LogP contribution in [0.2, 0.25) is 0 Å². The van der Waals surface area contributed by atoms with Gasteiger partial charge in [-0.25, -0.2) is 14.6 Å². The summed E-state index contributed by atoms with van der Waals surface area (Å²) < 4.78 is 2.17. The van der Waals surface area contributed by atoms with Gasteiger partial charge in [0, 0.05) is 42.2 Å². The van der Waals surface area contributed by atoms with Gasteiger partial charge in [-0.1, -0.05) is 11.2 Å². The van der Waals surface area contributed by atoms with Crippen molar-refractivity contribution in [3.05, 3.63) is 62.5 Å². The van der Waals surface area contributed by atoms with Gasteiger partial charge in [0.15, 0.2) is 16.6 Å². The Labute approximate surface area is 302 Å². The Morgan fingerprint density at radius 2 is 1.88 bits per heavy atom. The number of aryl methyl sites for hydroxylation is 1. The summed E-state index contributed by atoms with van der Waals surface area (Å²) in [6, 6.07) is 4.31. The van der Waals surface area contributed by atoms with Crippen molar-refractivity contribution < 1.29 is 53.7 Å². The second-order valence-electron chi connectivity index (χ2n) is 12.8. The van der Waals surface area contributed by atoms with E-state index >= 15 is 0 Å². The zero-order chi connectivity index (χ0) is 37.5. The highest BCUT2D eigenvalue weighted by Gasteiger charge is 2.55. The molecule has 1 aromatic carbocycles.